The van der Waals surface area contributed by atoms with Crippen LogP contribution in [0.5, 0.6) is 0 Å². The van der Waals surface area contributed by atoms with Crippen molar-refractivity contribution < 1.29 is 4.39 Å². The van der Waals surface area contributed by atoms with Crippen molar-refractivity contribution in [1.82, 2.24) is 9.38 Å². The third-order valence-corrected chi connectivity index (χ3v) is 5.76. The number of nitrogens with one attached hydrogen (secondary N) is 1. The van der Waals surface area contributed by atoms with Crippen LogP contribution in [0, 0.1) is 19.7 Å². The third kappa shape index (κ3) is 2.86. The summed E-state index contributed by atoms with van der Waals surface area (Å²) in [6.07, 6.45) is 0. The maximum absolute atomic E-state index is 13.5. The predicted octanol–water partition coefficient (Wildman–Crippen LogP) is 6.87. The van der Waals surface area contributed by atoms with Crippen LogP contribution in [0.4, 0.5) is 15.9 Å². The molecular weight excluding hydrogens is 392 g/mol. The van der Waals surface area contributed by atoms with E-state index >= 15 is 0 Å². The van der Waals surface area contributed by atoms with Gasteiger partial charge in [-0.05, 0) is 43.7 Å². The van der Waals surface area contributed by atoms with Gasteiger partial charge >= 0.3 is 0 Å². The van der Waals surface area contributed by atoms with E-state index in [9.17, 15) is 4.39 Å². The summed E-state index contributed by atoms with van der Waals surface area (Å²) in [7, 11) is 0. The number of thiazole rings is 1. The summed E-state index contributed by atoms with van der Waals surface area (Å²) >= 11 is 14.2. The van der Waals surface area contributed by atoms with Crippen LogP contribution in [-0.4, -0.2) is 9.38 Å². The highest BCUT2D eigenvalue weighted by Crippen LogP contribution is 2.39. The molecule has 0 fully saturated rings. The lowest BCUT2D eigenvalue weighted by Gasteiger charge is -2.13. The fourth-order valence-corrected chi connectivity index (χ4v) is 4.28. The number of aromatic nitrogens is 2. The Bertz CT molecular complexity index is 1110. The molecule has 0 aliphatic carbocycles. The fraction of sp³-hybridized carbons (Fsp3) is 0.105. The van der Waals surface area contributed by atoms with Gasteiger partial charge in [-0.3, -0.25) is 4.40 Å². The van der Waals surface area contributed by atoms with Crippen molar-refractivity contribution in [3.63, 3.8) is 0 Å². The van der Waals surface area contributed by atoms with E-state index in [1.807, 2.05) is 41.8 Å². The van der Waals surface area contributed by atoms with Gasteiger partial charge in [0, 0.05) is 16.6 Å². The van der Waals surface area contributed by atoms with Gasteiger partial charge in [0.25, 0.3) is 0 Å². The molecule has 7 heteroatoms. The van der Waals surface area contributed by atoms with Gasteiger partial charge in [0.15, 0.2) is 4.96 Å². The Hall–Kier alpha value is -2.08. The predicted molar refractivity (Wildman–Crippen MR) is 108 cm³/mol. The highest BCUT2D eigenvalue weighted by molar-refractivity contribution is 7.15. The van der Waals surface area contributed by atoms with Gasteiger partial charge in [-0.2, -0.15) is 0 Å². The summed E-state index contributed by atoms with van der Waals surface area (Å²) in [6.45, 7) is 3.99. The van der Waals surface area contributed by atoms with Crippen LogP contribution in [0.2, 0.25) is 10.0 Å². The van der Waals surface area contributed by atoms with E-state index in [0.29, 0.717) is 21.3 Å². The fourth-order valence-electron chi connectivity index (χ4n) is 2.89. The molecule has 0 unspecified atom stereocenters. The second kappa shape index (κ2) is 6.58. The van der Waals surface area contributed by atoms with Crippen molar-refractivity contribution >= 4 is 51.0 Å². The molecule has 26 heavy (non-hydrogen) atoms. The number of rotatable bonds is 3. The second-order valence-electron chi connectivity index (χ2n) is 5.98. The van der Waals surface area contributed by atoms with Crippen LogP contribution in [0.25, 0.3) is 16.2 Å². The molecule has 3 nitrogen and oxygen atoms in total. The Morgan fingerprint density at radius 3 is 2.65 bits per heavy atom. The lowest BCUT2D eigenvalue weighted by molar-refractivity contribution is 0.628. The molecule has 0 spiro atoms. The quantitative estimate of drug-likeness (QED) is 0.402. The van der Waals surface area contributed by atoms with Crippen molar-refractivity contribution in [3.05, 3.63) is 68.9 Å². The van der Waals surface area contributed by atoms with Crippen LogP contribution in [-0.2, 0) is 0 Å². The number of anilines is 2. The standard InChI is InChI=1S/C19H14Cl2FN3S/c1-10-4-3-5-14(20)16(10)23-18-17(13-7-6-12(22)8-15(13)21)24-19-25(18)11(2)9-26-19/h3-9,23H,1-2H3. The lowest BCUT2D eigenvalue weighted by Crippen LogP contribution is -2.00. The van der Waals surface area contributed by atoms with Gasteiger partial charge in [-0.1, -0.05) is 35.3 Å². The van der Waals surface area contributed by atoms with Gasteiger partial charge in [0.1, 0.15) is 17.3 Å². The Kier molecular flexibility index (Phi) is 4.39. The molecule has 1 N–H and O–H groups in total. The first-order valence-electron chi connectivity index (χ1n) is 7.90. The minimum atomic E-state index is -0.382. The van der Waals surface area contributed by atoms with E-state index in [1.165, 1.54) is 23.5 Å². The van der Waals surface area contributed by atoms with E-state index in [-0.39, 0.29) is 5.82 Å². The highest BCUT2D eigenvalue weighted by Gasteiger charge is 2.20. The minimum Gasteiger partial charge on any atom is -0.338 e. The summed E-state index contributed by atoms with van der Waals surface area (Å²) in [5.41, 5.74) is 4.17. The van der Waals surface area contributed by atoms with Crippen molar-refractivity contribution in [1.29, 1.82) is 0 Å². The number of hydrogen-bond acceptors (Lipinski definition) is 3. The first-order chi connectivity index (χ1) is 12.5. The van der Waals surface area contributed by atoms with E-state index in [4.69, 9.17) is 28.2 Å². The molecule has 0 saturated heterocycles. The van der Waals surface area contributed by atoms with E-state index in [1.54, 1.807) is 6.07 Å². The third-order valence-electron chi connectivity index (χ3n) is 4.19. The molecule has 0 aliphatic rings. The van der Waals surface area contributed by atoms with Gasteiger partial charge in [0.2, 0.25) is 0 Å². The first-order valence-corrected chi connectivity index (χ1v) is 9.53. The second-order valence-corrected chi connectivity index (χ2v) is 7.64. The van der Waals surface area contributed by atoms with Crippen molar-refractivity contribution in [3.8, 4) is 11.3 Å². The van der Waals surface area contributed by atoms with Gasteiger partial charge in [0.05, 0.1) is 15.7 Å². The van der Waals surface area contributed by atoms with Crippen molar-refractivity contribution in [2.75, 3.05) is 5.32 Å². The zero-order chi connectivity index (χ0) is 18.4. The minimum absolute atomic E-state index is 0.312. The number of imidazole rings is 1. The van der Waals surface area contributed by atoms with E-state index < -0.39 is 0 Å². The zero-order valence-corrected chi connectivity index (χ0v) is 16.3. The topological polar surface area (TPSA) is 29.3 Å². The van der Waals surface area contributed by atoms with Gasteiger partial charge in [-0.25, -0.2) is 9.37 Å². The van der Waals surface area contributed by atoms with E-state index in [2.05, 4.69) is 5.32 Å². The molecular formula is C19H14Cl2FN3S. The average molecular weight is 406 g/mol. The number of halogens is 3. The summed E-state index contributed by atoms with van der Waals surface area (Å²) < 4.78 is 15.5. The normalized spacial score (nSPS) is 11.3. The maximum Gasteiger partial charge on any atom is 0.196 e. The smallest absolute Gasteiger partial charge is 0.196 e. The molecule has 0 atom stereocenters. The summed E-state index contributed by atoms with van der Waals surface area (Å²) in [4.78, 5) is 5.54. The number of benzene rings is 2. The Labute approximate surface area is 164 Å². The zero-order valence-electron chi connectivity index (χ0n) is 14.0. The van der Waals surface area contributed by atoms with Crippen LogP contribution in [0.3, 0.4) is 0 Å². The van der Waals surface area contributed by atoms with Crippen molar-refractivity contribution in [2.24, 2.45) is 0 Å². The first kappa shape index (κ1) is 17.3. The van der Waals surface area contributed by atoms with E-state index in [0.717, 1.165) is 27.7 Å². The SMILES string of the molecule is Cc1cccc(Cl)c1Nc1c(-c2ccc(F)cc2Cl)nc2scc(C)n12. The number of aryl methyl sites for hydroxylation is 2. The molecule has 0 amide bonds. The molecule has 0 saturated carbocycles. The molecule has 0 bridgehead atoms. The lowest BCUT2D eigenvalue weighted by atomic mass is 10.1. The Balaban J connectivity index is 1.96. The Morgan fingerprint density at radius 2 is 1.92 bits per heavy atom. The molecule has 132 valence electrons. The van der Waals surface area contributed by atoms with Crippen LogP contribution in [0.15, 0.2) is 41.8 Å². The molecule has 0 radical (unpaired) electrons. The molecule has 2 heterocycles. The van der Waals surface area contributed by atoms with Crippen LogP contribution in [0.1, 0.15) is 11.3 Å². The monoisotopic (exact) mass is 405 g/mol. The molecule has 0 aliphatic heterocycles. The van der Waals surface area contributed by atoms with Crippen LogP contribution < -0.4 is 5.32 Å². The van der Waals surface area contributed by atoms with Crippen LogP contribution >= 0.6 is 34.5 Å². The number of fused-ring (bicyclic) bond motifs is 1. The summed E-state index contributed by atoms with van der Waals surface area (Å²) in [6, 6.07) is 10.0. The average Bonchev–Trinajstić information content (AvgIpc) is 3.12. The van der Waals surface area contributed by atoms with Crippen molar-refractivity contribution in [2.45, 2.75) is 13.8 Å². The summed E-state index contributed by atoms with van der Waals surface area (Å²) in [5.74, 6) is 0.371. The van der Waals surface area contributed by atoms with Gasteiger partial charge in [-0.15, -0.1) is 11.3 Å². The molecule has 4 rings (SSSR count). The Morgan fingerprint density at radius 1 is 1.12 bits per heavy atom. The molecule has 2 aromatic heterocycles. The number of hydrogen-bond donors (Lipinski definition) is 1. The summed E-state index contributed by atoms with van der Waals surface area (Å²) in [5, 5.41) is 6.38. The number of para-hydroxylation sites is 1. The highest BCUT2D eigenvalue weighted by atomic mass is 35.5. The van der Waals surface area contributed by atoms with Gasteiger partial charge < -0.3 is 5.32 Å². The number of nitrogens with zero attached hydrogens (tertiary/aromatic N) is 2. The largest absolute Gasteiger partial charge is 0.338 e. The maximum atomic E-state index is 13.5. The molecule has 2 aromatic carbocycles. The molecule has 4 aromatic rings.